The van der Waals surface area contributed by atoms with Crippen molar-refractivity contribution >= 4 is 23.4 Å². The lowest BCUT2D eigenvalue weighted by Gasteiger charge is -2.25. The van der Waals surface area contributed by atoms with Crippen LogP contribution in [-0.4, -0.2) is 36.0 Å². The monoisotopic (exact) mass is 384 g/mol. The Labute approximate surface area is 163 Å². The fourth-order valence-corrected chi connectivity index (χ4v) is 3.94. The summed E-state index contributed by atoms with van der Waals surface area (Å²) in [7, 11) is 0. The summed E-state index contributed by atoms with van der Waals surface area (Å²) in [6, 6.07) is 14.0. The number of amides is 2. The number of benzene rings is 2. The van der Waals surface area contributed by atoms with E-state index < -0.39 is 6.04 Å². The Kier molecular flexibility index (Phi) is 5.14. The van der Waals surface area contributed by atoms with Crippen LogP contribution in [0, 0.1) is 0 Å². The van der Waals surface area contributed by atoms with E-state index in [4.69, 9.17) is 16.3 Å². The summed E-state index contributed by atoms with van der Waals surface area (Å²) < 4.78 is 5.58. The first-order chi connectivity index (χ1) is 13.1. The molecule has 1 fully saturated rings. The molecule has 0 radical (unpaired) electrons. The van der Waals surface area contributed by atoms with Gasteiger partial charge < -0.3 is 15.0 Å². The van der Waals surface area contributed by atoms with Gasteiger partial charge in [0, 0.05) is 30.3 Å². The number of hydrogen-bond donors (Lipinski definition) is 1. The van der Waals surface area contributed by atoms with Crippen LogP contribution in [0.15, 0.2) is 48.5 Å². The lowest BCUT2D eigenvalue weighted by atomic mass is 10.0. The first kappa shape index (κ1) is 18.0. The van der Waals surface area contributed by atoms with Gasteiger partial charge in [0.2, 0.25) is 5.91 Å². The van der Waals surface area contributed by atoms with Gasteiger partial charge in [-0.3, -0.25) is 9.59 Å². The first-order valence-corrected chi connectivity index (χ1v) is 9.55. The molecule has 1 N–H and O–H groups in total. The molecule has 1 saturated heterocycles. The third-order valence-corrected chi connectivity index (χ3v) is 5.50. The third kappa shape index (κ3) is 3.57. The van der Waals surface area contributed by atoms with Gasteiger partial charge in [-0.1, -0.05) is 48.0 Å². The molecule has 6 heteroatoms. The Balaban J connectivity index is 1.59. The molecular formula is C21H21ClN2O3. The molecule has 2 unspecified atom stereocenters. The second-order valence-electron chi connectivity index (χ2n) is 6.89. The molecule has 2 aromatic carbocycles. The van der Waals surface area contributed by atoms with Crippen molar-refractivity contribution in [2.24, 2.45) is 0 Å². The SMILES string of the molecule is O=C(NCC1CCCO1)C1c2ccccc2C(=O)N1Cc1ccccc1Cl. The molecule has 2 aliphatic rings. The number of hydrogen-bond acceptors (Lipinski definition) is 3. The fourth-order valence-electron chi connectivity index (χ4n) is 3.74. The molecule has 2 atom stereocenters. The van der Waals surface area contributed by atoms with Gasteiger partial charge in [-0.25, -0.2) is 0 Å². The summed E-state index contributed by atoms with van der Waals surface area (Å²) in [6.07, 6.45) is 2.02. The van der Waals surface area contributed by atoms with Crippen molar-refractivity contribution in [3.8, 4) is 0 Å². The summed E-state index contributed by atoms with van der Waals surface area (Å²) in [5.41, 5.74) is 2.12. The zero-order valence-corrected chi connectivity index (χ0v) is 15.6. The van der Waals surface area contributed by atoms with Crippen molar-refractivity contribution in [2.45, 2.75) is 31.5 Å². The Morgan fingerprint density at radius 3 is 2.74 bits per heavy atom. The molecule has 2 heterocycles. The minimum atomic E-state index is -0.661. The number of nitrogens with zero attached hydrogens (tertiary/aromatic N) is 1. The Morgan fingerprint density at radius 1 is 1.19 bits per heavy atom. The van der Waals surface area contributed by atoms with E-state index in [1.54, 1.807) is 17.0 Å². The molecule has 4 rings (SSSR count). The smallest absolute Gasteiger partial charge is 0.255 e. The van der Waals surface area contributed by atoms with Crippen molar-refractivity contribution in [1.29, 1.82) is 0 Å². The minimum Gasteiger partial charge on any atom is -0.376 e. The fraction of sp³-hybridized carbons (Fsp3) is 0.333. The summed E-state index contributed by atoms with van der Waals surface area (Å²) in [4.78, 5) is 27.6. The van der Waals surface area contributed by atoms with Crippen LogP contribution in [0.5, 0.6) is 0 Å². The van der Waals surface area contributed by atoms with Gasteiger partial charge in [-0.15, -0.1) is 0 Å². The molecule has 0 aromatic heterocycles. The van der Waals surface area contributed by atoms with Crippen LogP contribution in [0.1, 0.15) is 40.4 Å². The molecular weight excluding hydrogens is 364 g/mol. The van der Waals surface area contributed by atoms with Crippen LogP contribution >= 0.6 is 11.6 Å². The van der Waals surface area contributed by atoms with E-state index in [0.29, 0.717) is 17.1 Å². The van der Waals surface area contributed by atoms with Crippen LogP contribution in [0.4, 0.5) is 0 Å². The normalized spacial score (nSPS) is 21.4. The summed E-state index contributed by atoms with van der Waals surface area (Å²) in [5, 5.41) is 3.55. The molecule has 5 nitrogen and oxygen atoms in total. The van der Waals surface area contributed by atoms with Crippen molar-refractivity contribution < 1.29 is 14.3 Å². The molecule has 0 spiro atoms. The van der Waals surface area contributed by atoms with Gasteiger partial charge in [0.1, 0.15) is 6.04 Å². The van der Waals surface area contributed by atoms with E-state index >= 15 is 0 Å². The van der Waals surface area contributed by atoms with Gasteiger partial charge in [0.15, 0.2) is 0 Å². The molecule has 2 aromatic rings. The van der Waals surface area contributed by atoms with Crippen molar-refractivity contribution in [2.75, 3.05) is 13.2 Å². The van der Waals surface area contributed by atoms with Gasteiger partial charge in [-0.05, 0) is 36.1 Å². The molecule has 2 aliphatic heterocycles. The van der Waals surface area contributed by atoms with Crippen LogP contribution in [0.3, 0.4) is 0 Å². The number of nitrogens with one attached hydrogen (secondary N) is 1. The predicted octanol–water partition coefficient (Wildman–Crippen LogP) is 3.33. The number of carbonyl (C=O) groups excluding carboxylic acids is 2. The predicted molar refractivity (Wildman–Crippen MR) is 102 cm³/mol. The van der Waals surface area contributed by atoms with E-state index in [1.807, 2.05) is 36.4 Å². The number of rotatable bonds is 5. The van der Waals surface area contributed by atoms with Crippen molar-refractivity contribution in [1.82, 2.24) is 10.2 Å². The Hall–Kier alpha value is -2.37. The highest BCUT2D eigenvalue weighted by molar-refractivity contribution is 6.31. The van der Waals surface area contributed by atoms with Crippen LogP contribution in [0.2, 0.25) is 5.02 Å². The second-order valence-corrected chi connectivity index (χ2v) is 7.30. The Morgan fingerprint density at radius 2 is 1.96 bits per heavy atom. The second kappa shape index (κ2) is 7.71. The van der Waals surface area contributed by atoms with Crippen molar-refractivity contribution in [3.05, 3.63) is 70.2 Å². The van der Waals surface area contributed by atoms with Crippen molar-refractivity contribution in [3.63, 3.8) is 0 Å². The highest BCUT2D eigenvalue weighted by Crippen LogP contribution is 2.35. The molecule has 0 bridgehead atoms. The zero-order chi connectivity index (χ0) is 18.8. The highest BCUT2D eigenvalue weighted by atomic mass is 35.5. The average molecular weight is 385 g/mol. The number of halogens is 1. The quantitative estimate of drug-likeness (QED) is 0.860. The van der Waals surface area contributed by atoms with Gasteiger partial charge in [0.05, 0.1) is 6.10 Å². The minimum absolute atomic E-state index is 0.0540. The molecule has 2 amide bonds. The summed E-state index contributed by atoms with van der Waals surface area (Å²) in [5.74, 6) is -0.335. The molecule has 0 aliphatic carbocycles. The van der Waals surface area contributed by atoms with E-state index in [9.17, 15) is 9.59 Å². The largest absolute Gasteiger partial charge is 0.376 e. The molecule has 27 heavy (non-hydrogen) atoms. The number of carbonyl (C=O) groups is 2. The molecule has 0 saturated carbocycles. The van der Waals surface area contributed by atoms with Gasteiger partial charge >= 0.3 is 0 Å². The van der Waals surface area contributed by atoms with E-state index in [1.165, 1.54) is 0 Å². The molecule has 140 valence electrons. The van der Waals surface area contributed by atoms with Crippen LogP contribution in [0.25, 0.3) is 0 Å². The number of fused-ring (bicyclic) bond motifs is 1. The summed E-state index contributed by atoms with van der Waals surface area (Å²) in [6.45, 7) is 1.49. The highest BCUT2D eigenvalue weighted by Gasteiger charge is 2.41. The standard InChI is InChI=1S/C21H21ClN2O3/c22-18-10-4-1-6-14(18)13-24-19(16-8-2-3-9-17(16)21(24)26)20(25)23-12-15-7-5-11-27-15/h1-4,6,8-10,15,19H,5,7,11-13H2,(H,23,25). The number of ether oxygens (including phenoxy) is 1. The topological polar surface area (TPSA) is 58.6 Å². The van der Waals surface area contributed by atoms with Crippen LogP contribution in [-0.2, 0) is 16.1 Å². The van der Waals surface area contributed by atoms with Crippen LogP contribution < -0.4 is 5.32 Å². The zero-order valence-electron chi connectivity index (χ0n) is 14.9. The maximum atomic E-state index is 13.0. The summed E-state index contributed by atoms with van der Waals surface area (Å²) >= 11 is 6.28. The Bertz CT molecular complexity index is 864. The maximum Gasteiger partial charge on any atom is 0.255 e. The first-order valence-electron chi connectivity index (χ1n) is 9.18. The van der Waals surface area contributed by atoms with Gasteiger partial charge in [0.25, 0.3) is 5.91 Å². The lowest BCUT2D eigenvalue weighted by molar-refractivity contribution is -0.126. The lowest BCUT2D eigenvalue weighted by Crippen LogP contribution is -2.41. The van der Waals surface area contributed by atoms with E-state index in [2.05, 4.69) is 5.32 Å². The van der Waals surface area contributed by atoms with E-state index in [0.717, 1.165) is 30.6 Å². The average Bonchev–Trinajstić information content (AvgIpc) is 3.29. The van der Waals surface area contributed by atoms with Gasteiger partial charge in [-0.2, -0.15) is 0 Å². The maximum absolute atomic E-state index is 13.0. The third-order valence-electron chi connectivity index (χ3n) is 5.13. The van der Waals surface area contributed by atoms with E-state index in [-0.39, 0.29) is 24.5 Å².